The Morgan fingerprint density at radius 3 is 2.91 bits per heavy atom. The number of nitrogens with two attached hydrogens (primary N) is 1. The third-order valence-electron chi connectivity index (χ3n) is 3.31. The van der Waals surface area contributed by atoms with E-state index in [1.165, 1.54) is 22.8 Å². The molecule has 0 bridgehead atoms. The molecule has 22 heavy (non-hydrogen) atoms. The number of benzene rings is 1. The third kappa shape index (κ3) is 1.98. The van der Waals surface area contributed by atoms with Gasteiger partial charge in [0.15, 0.2) is 5.65 Å². The minimum atomic E-state index is -0.670. The van der Waals surface area contributed by atoms with Crippen molar-refractivity contribution in [2.45, 2.75) is 6.92 Å². The lowest BCUT2D eigenvalue weighted by Crippen LogP contribution is -2.15. The predicted octanol–water partition coefficient (Wildman–Crippen LogP) is 1.81. The molecule has 7 heteroatoms. The number of rotatable bonds is 2. The van der Waals surface area contributed by atoms with Gasteiger partial charge in [-0.2, -0.15) is 10.4 Å². The van der Waals surface area contributed by atoms with Crippen LogP contribution in [0.3, 0.4) is 0 Å². The summed E-state index contributed by atoms with van der Waals surface area (Å²) in [6.45, 7) is 1.78. The average molecular weight is 295 g/mol. The van der Waals surface area contributed by atoms with E-state index >= 15 is 0 Å². The van der Waals surface area contributed by atoms with Crippen LogP contribution in [-0.4, -0.2) is 20.5 Å². The number of amides is 1. The molecule has 0 radical (unpaired) electrons. The maximum atomic E-state index is 13.8. The van der Waals surface area contributed by atoms with E-state index in [-0.39, 0.29) is 11.3 Å². The number of hydrogen-bond acceptors (Lipinski definition) is 4. The smallest absolute Gasteiger partial charge is 0.269 e. The van der Waals surface area contributed by atoms with Gasteiger partial charge in [-0.15, -0.1) is 0 Å². The van der Waals surface area contributed by atoms with Gasteiger partial charge in [-0.05, 0) is 24.6 Å². The van der Waals surface area contributed by atoms with Crippen molar-refractivity contribution in [3.8, 4) is 17.3 Å². The first-order chi connectivity index (χ1) is 10.5. The second-order valence-electron chi connectivity index (χ2n) is 4.73. The number of aryl methyl sites for hydroxylation is 1. The van der Waals surface area contributed by atoms with Crippen molar-refractivity contribution >= 4 is 11.6 Å². The van der Waals surface area contributed by atoms with E-state index in [2.05, 4.69) is 10.1 Å². The van der Waals surface area contributed by atoms with Gasteiger partial charge in [0, 0.05) is 5.56 Å². The number of nitrogens with zero attached hydrogens (tertiary/aromatic N) is 4. The molecule has 0 saturated heterocycles. The van der Waals surface area contributed by atoms with Gasteiger partial charge in [-0.25, -0.2) is 13.9 Å². The minimum absolute atomic E-state index is 0.102. The van der Waals surface area contributed by atoms with Crippen LogP contribution in [0.4, 0.5) is 4.39 Å². The Hall–Kier alpha value is -3.27. The lowest BCUT2D eigenvalue weighted by molar-refractivity contribution is 0.0993. The fourth-order valence-corrected chi connectivity index (χ4v) is 2.27. The predicted molar refractivity (Wildman–Crippen MR) is 76.4 cm³/mol. The number of primary amides is 1. The maximum Gasteiger partial charge on any atom is 0.269 e. The molecule has 0 unspecified atom stereocenters. The fraction of sp³-hybridized carbons (Fsp3) is 0.0667. The molecule has 2 N–H and O–H groups in total. The quantitative estimate of drug-likeness (QED) is 0.779. The molecule has 6 nitrogen and oxygen atoms in total. The van der Waals surface area contributed by atoms with Crippen molar-refractivity contribution in [3.63, 3.8) is 0 Å². The van der Waals surface area contributed by atoms with E-state index in [4.69, 9.17) is 11.0 Å². The minimum Gasteiger partial charge on any atom is -0.364 e. The molecule has 0 fully saturated rings. The molecule has 0 aliphatic rings. The van der Waals surface area contributed by atoms with Crippen LogP contribution < -0.4 is 5.73 Å². The van der Waals surface area contributed by atoms with E-state index in [1.54, 1.807) is 19.1 Å². The molecular formula is C15H10FN5O. The summed E-state index contributed by atoms with van der Waals surface area (Å²) in [5, 5.41) is 13.4. The van der Waals surface area contributed by atoms with Crippen LogP contribution >= 0.6 is 0 Å². The molecule has 2 heterocycles. The molecule has 0 aliphatic heterocycles. The molecule has 1 amide bonds. The first kappa shape index (κ1) is 13.7. The molecule has 1 aromatic carbocycles. The van der Waals surface area contributed by atoms with Crippen molar-refractivity contribution in [1.29, 1.82) is 5.26 Å². The van der Waals surface area contributed by atoms with E-state index < -0.39 is 11.7 Å². The zero-order valence-electron chi connectivity index (χ0n) is 11.5. The Morgan fingerprint density at radius 2 is 2.23 bits per heavy atom. The van der Waals surface area contributed by atoms with Crippen molar-refractivity contribution in [2.24, 2.45) is 5.73 Å². The number of halogens is 1. The summed E-state index contributed by atoms with van der Waals surface area (Å²) in [6, 6.07) is 7.81. The number of aromatic nitrogens is 3. The van der Waals surface area contributed by atoms with Crippen LogP contribution in [0, 0.1) is 24.1 Å². The second kappa shape index (κ2) is 4.93. The number of hydrogen-bond donors (Lipinski definition) is 1. The molecule has 0 saturated carbocycles. The van der Waals surface area contributed by atoms with E-state index in [1.807, 2.05) is 6.07 Å². The largest absolute Gasteiger partial charge is 0.364 e. The molecule has 0 spiro atoms. The van der Waals surface area contributed by atoms with Gasteiger partial charge in [0.2, 0.25) is 0 Å². The topological polar surface area (TPSA) is 97.1 Å². The molecule has 2 aromatic heterocycles. The van der Waals surface area contributed by atoms with Gasteiger partial charge in [0.1, 0.15) is 17.6 Å². The lowest BCUT2D eigenvalue weighted by Gasteiger charge is -2.07. The number of nitriles is 1. The Bertz CT molecular complexity index is 954. The SMILES string of the molecule is Cc1cc(-c2cccc(F)c2C#N)nn2c(C(N)=O)cnc12. The monoisotopic (exact) mass is 295 g/mol. The Balaban J connectivity index is 2.34. The number of imidazole rings is 1. The highest BCUT2D eigenvalue weighted by Gasteiger charge is 2.16. The third-order valence-corrected chi connectivity index (χ3v) is 3.31. The summed E-state index contributed by atoms with van der Waals surface area (Å²) in [7, 11) is 0. The lowest BCUT2D eigenvalue weighted by atomic mass is 10.0. The van der Waals surface area contributed by atoms with Crippen LogP contribution in [0.15, 0.2) is 30.5 Å². The van der Waals surface area contributed by atoms with Crippen LogP contribution in [0.1, 0.15) is 21.6 Å². The Labute approximate surface area is 124 Å². The van der Waals surface area contributed by atoms with Gasteiger partial charge in [-0.1, -0.05) is 12.1 Å². The zero-order chi connectivity index (χ0) is 15.9. The van der Waals surface area contributed by atoms with E-state index in [0.29, 0.717) is 16.9 Å². The Kier molecular flexibility index (Phi) is 3.07. The summed E-state index contributed by atoms with van der Waals surface area (Å²) in [6.07, 6.45) is 1.33. The average Bonchev–Trinajstić information content (AvgIpc) is 2.91. The van der Waals surface area contributed by atoms with Gasteiger partial charge >= 0.3 is 0 Å². The van der Waals surface area contributed by atoms with Crippen LogP contribution in [0.2, 0.25) is 0 Å². The Morgan fingerprint density at radius 1 is 1.45 bits per heavy atom. The van der Waals surface area contributed by atoms with Gasteiger partial charge in [0.05, 0.1) is 17.5 Å². The highest BCUT2D eigenvalue weighted by Crippen LogP contribution is 2.25. The highest BCUT2D eigenvalue weighted by molar-refractivity contribution is 5.91. The first-order valence-electron chi connectivity index (χ1n) is 6.37. The maximum absolute atomic E-state index is 13.8. The van der Waals surface area contributed by atoms with Crippen molar-refractivity contribution < 1.29 is 9.18 Å². The standard InChI is InChI=1S/C15H10FN5O/c1-8-5-12(9-3-2-4-11(16)10(9)6-17)20-21-13(14(18)22)7-19-15(8)21/h2-5,7H,1H3,(H2,18,22). The van der Waals surface area contributed by atoms with Gasteiger partial charge < -0.3 is 5.73 Å². The summed E-state index contributed by atoms with van der Waals surface area (Å²) in [5.41, 5.74) is 7.22. The number of carbonyl (C=O) groups excluding carboxylic acids is 1. The molecule has 108 valence electrons. The van der Waals surface area contributed by atoms with E-state index in [0.717, 1.165) is 5.56 Å². The summed E-state index contributed by atoms with van der Waals surface area (Å²) in [5.74, 6) is -1.29. The molecular weight excluding hydrogens is 285 g/mol. The zero-order valence-corrected chi connectivity index (χ0v) is 11.5. The van der Waals surface area contributed by atoms with Gasteiger partial charge in [-0.3, -0.25) is 4.79 Å². The number of fused-ring (bicyclic) bond motifs is 1. The molecule has 0 atom stereocenters. The molecule has 3 rings (SSSR count). The van der Waals surface area contributed by atoms with Crippen molar-refractivity contribution in [3.05, 3.63) is 53.1 Å². The van der Waals surface area contributed by atoms with Crippen molar-refractivity contribution in [2.75, 3.05) is 0 Å². The second-order valence-corrected chi connectivity index (χ2v) is 4.73. The first-order valence-corrected chi connectivity index (χ1v) is 6.37. The summed E-state index contributed by atoms with van der Waals surface area (Å²) >= 11 is 0. The molecule has 0 aliphatic carbocycles. The number of carbonyl (C=O) groups is 1. The highest BCUT2D eigenvalue weighted by atomic mass is 19.1. The normalized spacial score (nSPS) is 10.6. The van der Waals surface area contributed by atoms with Crippen LogP contribution in [0.5, 0.6) is 0 Å². The summed E-state index contributed by atoms with van der Waals surface area (Å²) in [4.78, 5) is 15.5. The molecule has 3 aromatic rings. The summed E-state index contributed by atoms with van der Waals surface area (Å²) < 4.78 is 15.1. The van der Waals surface area contributed by atoms with Crippen LogP contribution in [0.25, 0.3) is 16.9 Å². The van der Waals surface area contributed by atoms with Crippen LogP contribution in [-0.2, 0) is 0 Å². The van der Waals surface area contributed by atoms with E-state index in [9.17, 15) is 9.18 Å². The fourth-order valence-electron chi connectivity index (χ4n) is 2.27. The van der Waals surface area contributed by atoms with Crippen molar-refractivity contribution in [1.82, 2.24) is 14.6 Å². The van der Waals surface area contributed by atoms with Gasteiger partial charge in [0.25, 0.3) is 5.91 Å².